The second-order valence-corrected chi connectivity index (χ2v) is 10.5. The van der Waals surface area contributed by atoms with E-state index in [0.717, 1.165) is 35.6 Å². The number of alkyl halides is 9. The number of hydrogen-bond donors (Lipinski definition) is 3. The largest absolute Gasteiger partial charge is 0.416 e. The van der Waals surface area contributed by atoms with Crippen LogP contribution in [0.15, 0.2) is 42.5 Å². The lowest BCUT2D eigenvalue weighted by Crippen LogP contribution is -2.38. The lowest BCUT2D eigenvalue weighted by Gasteiger charge is -2.30. The Bertz CT molecular complexity index is 1510. The SMILES string of the molecule is NC(=O)c1c(NC(=O)c2ccc(C(F)(F)F)cc2)sc2c1CCN(C(=S)Nc1cc(C(F)(F)F)cc(C(F)(F)F)c1)C2. The summed E-state index contributed by atoms with van der Waals surface area (Å²) in [6.45, 7) is 0.0561. The summed E-state index contributed by atoms with van der Waals surface area (Å²) in [5.74, 6) is -1.71. The molecule has 0 saturated heterocycles. The molecule has 17 heteroatoms. The van der Waals surface area contributed by atoms with Crippen molar-refractivity contribution in [2.24, 2.45) is 5.73 Å². The molecular weight excluding hydrogens is 623 g/mol. The monoisotopic (exact) mass is 640 g/mol. The number of carbonyl (C=O) groups excluding carboxylic acids is 2. The average molecular weight is 641 g/mol. The topological polar surface area (TPSA) is 87.5 Å². The summed E-state index contributed by atoms with van der Waals surface area (Å²) in [5.41, 5.74) is 1.25. The Labute approximate surface area is 240 Å². The van der Waals surface area contributed by atoms with Crippen LogP contribution >= 0.6 is 23.6 Å². The van der Waals surface area contributed by atoms with Gasteiger partial charge >= 0.3 is 18.5 Å². The average Bonchev–Trinajstić information content (AvgIpc) is 3.24. The summed E-state index contributed by atoms with van der Waals surface area (Å²) in [5, 5.41) is 4.69. The van der Waals surface area contributed by atoms with Gasteiger partial charge < -0.3 is 21.3 Å². The van der Waals surface area contributed by atoms with Crippen molar-refractivity contribution in [3.63, 3.8) is 0 Å². The molecule has 0 saturated carbocycles. The molecule has 0 bridgehead atoms. The van der Waals surface area contributed by atoms with E-state index in [4.69, 9.17) is 18.0 Å². The van der Waals surface area contributed by atoms with E-state index >= 15 is 0 Å². The molecule has 0 aliphatic carbocycles. The number of anilines is 2. The molecule has 0 fully saturated rings. The molecule has 3 aromatic rings. The Hall–Kier alpha value is -3.86. The highest BCUT2D eigenvalue weighted by atomic mass is 32.1. The number of primary amides is 1. The summed E-state index contributed by atoms with van der Waals surface area (Å²) in [6, 6.07) is 4.32. The van der Waals surface area contributed by atoms with Crippen LogP contribution in [-0.2, 0) is 31.5 Å². The first-order valence-corrected chi connectivity index (χ1v) is 12.9. The number of halogens is 9. The van der Waals surface area contributed by atoms with Gasteiger partial charge in [-0.3, -0.25) is 9.59 Å². The molecule has 4 rings (SSSR count). The maximum atomic E-state index is 13.2. The zero-order chi connectivity index (χ0) is 31.2. The van der Waals surface area contributed by atoms with Gasteiger partial charge in [0, 0.05) is 22.7 Å². The first kappa shape index (κ1) is 31.1. The number of nitrogens with two attached hydrogens (primary N) is 1. The highest BCUT2D eigenvalue weighted by Crippen LogP contribution is 2.39. The number of fused-ring (bicyclic) bond motifs is 1. The van der Waals surface area contributed by atoms with Gasteiger partial charge in [-0.25, -0.2) is 0 Å². The van der Waals surface area contributed by atoms with Crippen molar-refractivity contribution in [3.8, 4) is 0 Å². The molecule has 1 aliphatic rings. The van der Waals surface area contributed by atoms with Gasteiger partial charge in [0.05, 0.1) is 28.8 Å². The van der Waals surface area contributed by atoms with Gasteiger partial charge in [0.25, 0.3) is 11.8 Å². The first-order valence-electron chi connectivity index (χ1n) is 11.6. The number of hydrogen-bond acceptors (Lipinski definition) is 4. The van der Waals surface area contributed by atoms with Gasteiger partial charge in [-0.15, -0.1) is 11.3 Å². The van der Waals surface area contributed by atoms with E-state index in [1.54, 1.807) is 0 Å². The molecule has 42 heavy (non-hydrogen) atoms. The zero-order valence-electron chi connectivity index (χ0n) is 20.7. The normalized spacial score (nSPS) is 13.9. The van der Waals surface area contributed by atoms with E-state index in [-0.39, 0.29) is 46.8 Å². The molecule has 0 atom stereocenters. The predicted octanol–water partition coefficient (Wildman–Crippen LogP) is 6.91. The highest BCUT2D eigenvalue weighted by Gasteiger charge is 2.37. The Morgan fingerprint density at radius 3 is 1.88 bits per heavy atom. The maximum Gasteiger partial charge on any atom is 0.416 e. The third kappa shape index (κ3) is 6.78. The van der Waals surface area contributed by atoms with Gasteiger partial charge in [-0.05, 0) is 66.7 Å². The molecule has 2 heterocycles. The fraction of sp³-hybridized carbons (Fsp3) is 0.240. The molecule has 0 unspecified atom stereocenters. The van der Waals surface area contributed by atoms with E-state index in [1.165, 1.54) is 4.90 Å². The van der Waals surface area contributed by atoms with Crippen LogP contribution in [0, 0.1) is 0 Å². The van der Waals surface area contributed by atoms with Gasteiger partial charge in [0.2, 0.25) is 0 Å². The van der Waals surface area contributed by atoms with E-state index in [9.17, 15) is 49.1 Å². The number of nitrogens with one attached hydrogen (secondary N) is 2. The third-order valence-corrected chi connectivity index (χ3v) is 7.62. The minimum atomic E-state index is -5.05. The number of nitrogens with zero attached hydrogens (tertiary/aromatic N) is 1. The Morgan fingerprint density at radius 2 is 1.38 bits per heavy atom. The van der Waals surface area contributed by atoms with Crippen molar-refractivity contribution < 1.29 is 49.1 Å². The Balaban J connectivity index is 1.55. The van der Waals surface area contributed by atoms with Crippen molar-refractivity contribution in [3.05, 3.63) is 80.7 Å². The Kier molecular flexibility index (Phi) is 8.21. The van der Waals surface area contributed by atoms with Crippen LogP contribution in [0.2, 0.25) is 0 Å². The molecule has 1 aromatic heterocycles. The number of amides is 2. The van der Waals surface area contributed by atoms with Gasteiger partial charge in [0.1, 0.15) is 5.00 Å². The first-order chi connectivity index (χ1) is 19.3. The van der Waals surface area contributed by atoms with Crippen LogP contribution in [0.3, 0.4) is 0 Å². The minimum absolute atomic E-state index is 0.0150. The molecule has 2 amide bonds. The van der Waals surface area contributed by atoms with E-state index in [1.807, 2.05) is 0 Å². The predicted molar refractivity (Wildman–Crippen MR) is 139 cm³/mol. The second kappa shape index (κ2) is 11.1. The number of carbonyl (C=O) groups is 2. The summed E-state index contributed by atoms with van der Waals surface area (Å²) >= 11 is 6.16. The second-order valence-electron chi connectivity index (χ2n) is 9.00. The fourth-order valence-corrected chi connectivity index (χ4v) is 5.68. The van der Waals surface area contributed by atoms with Gasteiger partial charge in [0.15, 0.2) is 5.11 Å². The van der Waals surface area contributed by atoms with Crippen LogP contribution in [0.1, 0.15) is 47.8 Å². The molecular formula is C25H17F9N4O2S2. The van der Waals surface area contributed by atoms with Crippen molar-refractivity contribution in [1.29, 1.82) is 0 Å². The summed E-state index contributed by atoms with van der Waals surface area (Å²) < 4.78 is 118. The number of rotatable bonds is 4. The smallest absolute Gasteiger partial charge is 0.365 e. The van der Waals surface area contributed by atoms with Gasteiger partial charge in [-0.1, -0.05) is 0 Å². The van der Waals surface area contributed by atoms with Gasteiger partial charge in [-0.2, -0.15) is 39.5 Å². The van der Waals surface area contributed by atoms with Crippen LogP contribution in [0.4, 0.5) is 50.2 Å². The molecule has 2 aromatic carbocycles. The highest BCUT2D eigenvalue weighted by molar-refractivity contribution is 7.80. The minimum Gasteiger partial charge on any atom is -0.365 e. The van der Waals surface area contributed by atoms with E-state index in [2.05, 4.69) is 10.6 Å². The molecule has 6 nitrogen and oxygen atoms in total. The number of thiocarbonyl (C=S) groups is 1. The lowest BCUT2D eigenvalue weighted by molar-refractivity contribution is -0.143. The van der Waals surface area contributed by atoms with Crippen molar-refractivity contribution in [1.82, 2.24) is 4.90 Å². The van der Waals surface area contributed by atoms with E-state index in [0.29, 0.717) is 22.6 Å². The molecule has 0 spiro atoms. The maximum absolute atomic E-state index is 13.2. The number of thiophene rings is 1. The summed E-state index contributed by atoms with van der Waals surface area (Å²) in [6.07, 6.45) is -14.6. The summed E-state index contributed by atoms with van der Waals surface area (Å²) in [7, 11) is 0. The van der Waals surface area contributed by atoms with Crippen LogP contribution in [-0.4, -0.2) is 28.4 Å². The van der Waals surface area contributed by atoms with E-state index < -0.39 is 52.7 Å². The Morgan fingerprint density at radius 1 is 0.833 bits per heavy atom. The molecule has 0 radical (unpaired) electrons. The van der Waals surface area contributed by atoms with Crippen LogP contribution < -0.4 is 16.4 Å². The number of benzene rings is 2. The van der Waals surface area contributed by atoms with Crippen molar-refractivity contribution >= 4 is 51.2 Å². The standard InChI is InChI=1S/C25H17F9N4O2S2/c26-23(27,28)12-3-1-11(2-4-12)20(40)37-21-18(19(35)39)16-5-6-38(10-17(16)42-21)22(41)36-15-8-13(24(29,30)31)7-14(9-15)25(32,33)34/h1-4,7-9H,5-6,10H2,(H2,35,39)(H,36,41)(H,37,40). The van der Waals surface area contributed by atoms with Crippen molar-refractivity contribution in [2.45, 2.75) is 31.5 Å². The van der Waals surface area contributed by atoms with Crippen LogP contribution in [0.25, 0.3) is 0 Å². The molecule has 4 N–H and O–H groups in total. The third-order valence-electron chi connectivity index (χ3n) is 6.13. The van der Waals surface area contributed by atoms with Crippen LogP contribution in [0.5, 0.6) is 0 Å². The quantitative estimate of drug-likeness (QED) is 0.213. The zero-order valence-corrected chi connectivity index (χ0v) is 22.4. The molecule has 224 valence electrons. The summed E-state index contributed by atoms with van der Waals surface area (Å²) in [4.78, 5) is 26.8. The molecule has 1 aliphatic heterocycles. The lowest BCUT2D eigenvalue weighted by atomic mass is 10.0. The van der Waals surface area contributed by atoms with Crippen molar-refractivity contribution in [2.75, 3.05) is 17.2 Å². The fourth-order valence-electron chi connectivity index (χ4n) is 4.14.